The summed E-state index contributed by atoms with van der Waals surface area (Å²) in [5.41, 5.74) is 21.2. The Labute approximate surface area is 458 Å². The Kier molecular flexibility index (Phi) is 9.99. The fraction of sp³-hybridized carbons (Fsp3) is 0.250. The maximum absolute atomic E-state index is 7.19. The molecule has 12 aromatic rings. The van der Waals surface area contributed by atoms with Crippen LogP contribution >= 0.6 is 0 Å². The van der Waals surface area contributed by atoms with Crippen molar-refractivity contribution in [2.24, 2.45) is 7.05 Å². The number of hydrogen-bond donors (Lipinski definition) is 0. The molecule has 0 fully saturated rings. The van der Waals surface area contributed by atoms with Crippen LogP contribution in [0, 0.1) is 6.33 Å². The maximum Gasteiger partial charge on any atom is 0.244 e. The van der Waals surface area contributed by atoms with Gasteiger partial charge in [-0.2, -0.15) is 0 Å². The molecular weight excluding hydrogens is 951 g/mol. The van der Waals surface area contributed by atoms with Crippen molar-refractivity contribution in [3.8, 4) is 39.8 Å². The van der Waals surface area contributed by atoms with Crippen molar-refractivity contribution in [1.82, 2.24) is 18.7 Å². The predicted molar refractivity (Wildman–Crippen MR) is 322 cm³/mol. The summed E-state index contributed by atoms with van der Waals surface area (Å²) >= 11 is 0. The molecule has 0 saturated heterocycles. The van der Waals surface area contributed by atoms with Crippen LogP contribution in [0.4, 0.5) is 0 Å². The van der Waals surface area contributed by atoms with Gasteiger partial charge in [-0.1, -0.05) is 180 Å². The van der Waals surface area contributed by atoms with Crippen molar-refractivity contribution < 1.29 is 9.30 Å². The van der Waals surface area contributed by atoms with Crippen LogP contribution in [0.15, 0.2) is 170 Å². The fourth-order valence-corrected chi connectivity index (χ4v) is 13.5. The molecule has 0 atom stereocenters. The van der Waals surface area contributed by atoms with Gasteiger partial charge in [-0.15, -0.1) is 0 Å². The molecule has 0 N–H and O–H groups in total. The SMILES string of the molecule is C[n+]1[c-]n2c3c(cccc31)C1(c3ccc(Oc4ccc5c6ccc(-n7c8ccccc8c8ccccc87)cc6n(-c6ccccn6)c5c4)cc3-2)c2c(cc(C(C)(C)C)cc2C(C)(C)C)-c2cc(C(C)(C)C)cc(C(C)(C)C)c21. The molecule has 4 aromatic heterocycles. The fourth-order valence-electron chi connectivity index (χ4n) is 13.5. The van der Waals surface area contributed by atoms with Crippen LogP contribution < -0.4 is 9.30 Å². The number of aromatic nitrogens is 5. The van der Waals surface area contributed by atoms with E-state index in [9.17, 15) is 0 Å². The van der Waals surface area contributed by atoms with Gasteiger partial charge >= 0.3 is 0 Å². The zero-order chi connectivity index (χ0) is 54.2. The average molecular weight is 1020 g/mol. The summed E-state index contributed by atoms with van der Waals surface area (Å²) in [7, 11) is 2.13. The van der Waals surface area contributed by atoms with Gasteiger partial charge in [-0.3, -0.25) is 4.57 Å². The van der Waals surface area contributed by atoms with Crippen molar-refractivity contribution in [3.05, 3.63) is 221 Å². The second kappa shape index (κ2) is 16.2. The summed E-state index contributed by atoms with van der Waals surface area (Å²) in [6.07, 6.45) is 5.68. The lowest BCUT2D eigenvalue weighted by Crippen LogP contribution is -2.38. The zero-order valence-corrected chi connectivity index (χ0v) is 47.3. The lowest BCUT2D eigenvalue weighted by atomic mass is 9.60. The van der Waals surface area contributed by atoms with Crippen LogP contribution in [-0.2, 0) is 34.1 Å². The molecule has 8 aromatic carbocycles. The highest BCUT2D eigenvalue weighted by Gasteiger charge is 2.54. The second-order valence-electron chi connectivity index (χ2n) is 26.4. The number of benzene rings is 8. The van der Waals surface area contributed by atoms with Gasteiger partial charge in [0, 0.05) is 39.5 Å². The Morgan fingerprint density at radius 1 is 0.474 bits per heavy atom. The second-order valence-corrected chi connectivity index (χ2v) is 26.4. The largest absolute Gasteiger partial charge is 0.458 e. The minimum Gasteiger partial charge on any atom is -0.458 e. The van der Waals surface area contributed by atoms with Gasteiger partial charge in [-0.05, 0) is 138 Å². The Morgan fingerprint density at radius 2 is 1.03 bits per heavy atom. The van der Waals surface area contributed by atoms with Crippen LogP contribution in [0.25, 0.3) is 83.0 Å². The Morgan fingerprint density at radius 3 is 1.62 bits per heavy atom. The standard InChI is InChI=1S/C72H67N5O/c1-68(2,3)43-35-52-53-36-44(69(4,5)6)38-57(71(10,11)12)66(53)72(65(52)56(37-43)70(7,8)9)54-33-30-47(41-63(54)75-42-74(13)60-26-20-23-55(72)67(60)75)78-46-29-32-51-50-31-28-45(39-61(50)77(62(51)40-46)64-27-18-19-34-73-64)76-58-24-16-14-21-48(58)49-22-15-17-25-59(49)76/h14-41H,1-13H3. The third-order valence-electron chi connectivity index (χ3n) is 17.2. The first-order valence-corrected chi connectivity index (χ1v) is 27.8. The van der Waals surface area contributed by atoms with Crippen LogP contribution in [0.3, 0.4) is 0 Å². The van der Waals surface area contributed by atoms with E-state index >= 15 is 0 Å². The van der Waals surface area contributed by atoms with Crippen LogP contribution in [0.2, 0.25) is 0 Å². The molecular formula is C72H67N5O. The highest BCUT2D eigenvalue weighted by Crippen LogP contribution is 2.65. The Hall–Kier alpha value is -8.22. The Balaban J connectivity index is 1.00. The normalized spacial score (nSPS) is 14.1. The highest BCUT2D eigenvalue weighted by atomic mass is 16.5. The van der Waals surface area contributed by atoms with E-state index in [2.05, 4.69) is 272 Å². The lowest BCUT2D eigenvalue weighted by molar-refractivity contribution is -0.649. The summed E-state index contributed by atoms with van der Waals surface area (Å²) < 4.78 is 16.3. The Bertz CT molecular complexity index is 4380. The van der Waals surface area contributed by atoms with E-state index in [1.165, 1.54) is 83.0 Å². The summed E-state index contributed by atoms with van der Waals surface area (Å²) in [5, 5.41) is 4.75. The van der Waals surface area contributed by atoms with E-state index in [4.69, 9.17) is 9.72 Å². The average Bonchev–Trinajstić information content (AvgIpc) is 3.63. The number of hydrogen-bond acceptors (Lipinski definition) is 2. The van der Waals surface area contributed by atoms with Crippen LogP contribution in [-0.4, -0.2) is 18.7 Å². The van der Waals surface area contributed by atoms with Gasteiger partial charge in [0.05, 0.1) is 51.3 Å². The molecule has 1 aliphatic carbocycles. The maximum atomic E-state index is 7.19. The summed E-state index contributed by atoms with van der Waals surface area (Å²) in [4.78, 5) is 4.96. The quantitative estimate of drug-likeness (QED) is 0.130. The predicted octanol–water partition coefficient (Wildman–Crippen LogP) is 17.5. The first-order chi connectivity index (χ1) is 37.1. The topological polar surface area (TPSA) is 40.8 Å². The van der Waals surface area contributed by atoms with Gasteiger partial charge < -0.3 is 18.4 Å². The number of ether oxygens (including phenoxy) is 1. The molecule has 6 heteroatoms. The first kappa shape index (κ1) is 48.2. The highest BCUT2D eigenvalue weighted by molar-refractivity contribution is 6.12. The number of rotatable bonds is 4. The molecule has 5 heterocycles. The molecule has 6 nitrogen and oxygen atoms in total. The molecule has 1 spiro atoms. The molecule has 0 unspecified atom stereocenters. The van der Waals surface area contributed by atoms with Crippen molar-refractivity contribution in [2.75, 3.05) is 0 Å². The molecule has 0 saturated carbocycles. The first-order valence-electron chi connectivity index (χ1n) is 27.8. The van der Waals surface area contributed by atoms with E-state index in [1.807, 2.05) is 12.3 Å². The summed E-state index contributed by atoms with van der Waals surface area (Å²) in [6, 6.07) is 60.9. The molecule has 0 amide bonds. The molecule has 386 valence electrons. The van der Waals surface area contributed by atoms with E-state index in [0.717, 1.165) is 56.0 Å². The van der Waals surface area contributed by atoms with Crippen LogP contribution in [0.1, 0.15) is 128 Å². The van der Waals surface area contributed by atoms with Gasteiger partial charge in [0.2, 0.25) is 6.33 Å². The molecule has 1 aliphatic heterocycles. The smallest absolute Gasteiger partial charge is 0.244 e. The number of aryl methyl sites for hydroxylation is 1. The van der Waals surface area contributed by atoms with Gasteiger partial charge in [0.15, 0.2) is 0 Å². The van der Waals surface area contributed by atoms with Gasteiger partial charge in [0.25, 0.3) is 0 Å². The van der Waals surface area contributed by atoms with Gasteiger partial charge in [-0.25, -0.2) is 4.98 Å². The van der Waals surface area contributed by atoms with Crippen LogP contribution in [0.5, 0.6) is 11.5 Å². The molecule has 14 rings (SSSR count). The molecule has 78 heavy (non-hydrogen) atoms. The molecule has 0 bridgehead atoms. The van der Waals surface area contributed by atoms with E-state index in [1.54, 1.807) is 0 Å². The van der Waals surface area contributed by atoms with Crippen molar-refractivity contribution in [2.45, 2.75) is 110 Å². The van der Waals surface area contributed by atoms with Crippen molar-refractivity contribution in [3.63, 3.8) is 0 Å². The van der Waals surface area contributed by atoms with Crippen molar-refractivity contribution in [1.29, 1.82) is 0 Å². The minimum atomic E-state index is -0.675. The van der Waals surface area contributed by atoms with Gasteiger partial charge in [0.1, 0.15) is 17.3 Å². The number of pyridine rings is 1. The minimum absolute atomic E-state index is 0.0705. The molecule has 2 aliphatic rings. The summed E-state index contributed by atoms with van der Waals surface area (Å²) in [5.74, 6) is 2.35. The van der Waals surface area contributed by atoms with E-state index in [0.29, 0.717) is 0 Å². The molecule has 0 radical (unpaired) electrons. The summed E-state index contributed by atoms with van der Waals surface area (Å²) in [6.45, 7) is 28.6. The number of fused-ring (bicyclic) bond motifs is 15. The number of nitrogens with zero attached hydrogens (tertiary/aromatic N) is 5. The number of para-hydroxylation sites is 3. The lowest BCUT2D eigenvalue weighted by Gasteiger charge is -2.45. The van der Waals surface area contributed by atoms with Crippen molar-refractivity contribution >= 4 is 54.6 Å². The third kappa shape index (κ3) is 6.80. The van der Waals surface area contributed by atoms with E-state index < -0.39 is 5.41 Å². The zero-order valence-electron chi connectivity index (χ0n) is 47.3. The monoisotopic (exact) mass is 1020 g/mol. The van der Waals surface area contributed by atoms with E-state index in [-0.39, 0.29) is 21.7 Å². The third-order valence-corrected chi connectivity index (χ3v) is 17.2. The number of imidazole rings is 1.